The van der Waals surface area contributed by atoms with Gasteiger partial charge in [0, 0.05) is 7.05 Å². The summed E-state index contributed by atoms with van der Waals surface area (Å²) in [6.45, 7) is -0.0718. The van der Waals surface area contributed by atoms with Crippen molar-refractivity contribution < 1.29 is 22.4 Å². The Hall–Kier alpha value is -3.76. The first-order chi connectivity index (χ1) is 14.2. The molecule has 0 fully saturated rings. The molecule has 0 aliphatic heterocycles. The summed E-state index contributed by atoms with van der Waals surface area (Å²) in [6, 6.07) is 11.6. The van der Waals surface area contributed by atoms with Crippen LogP contribution in [-0.4, -0.2) is 42.8 Å². The molecule has 11 heteroatoms. The van der Waals surface area contributed by atoms with Gasteiger partial charge in [0.15, 0.2) is 11.4 Å². The molecule has 0 saturated carbocycles. The van der Waals surface area contributed by atoms with Gasteiger partial charge in [-0.2, -0.15) is 13.2 Å². The summed E-state index contributed by atoms with van der Waals surface area (Å²) in [4.78, 5) is 21.1. The van der Waals surface area contributed by atoms with Gasteiger partial charge in [0.1, 0.15) is 11.6 Å². The quantitative estimate of drug-likeness (QED) is 0.514. The van der Waals surface area contributed by atoms with Crippen molar-refractivity contribution in [2.45, 2.75) is 12.7 Å². The molecule has 0 radical (unpaired) electrons. The van der Waals surface area contributed by atoms with Crippen molar-refractivity contribution in [1.82, 2.24) is 29.9 Å². The molecule has 0 unspecified atom stereocenters. The average molecular weight is 418 g/mol. The van der Waals surface area contributed by atoms with Crippen LogP contribution in [0.1, 0.15) is 22.0 Å². The first-order valence-corrected chi connectivity index (χ1v) is 8.72. The third-order valence-corrected chi connectivity index (χ3v) is 4.37. The maximum absolute atomic E-state index is 13.7. The monoisotopic (exact) mass is 418 g/mol. The molecule has 0 aliphatic rings. The van der Waals surface area contributed by atoms with Crippen LogP contribution in [0, 0.1) is 5.82 Å². The van der Waals surface area contributed by atoms with Crippen LogP contribution in [0.5, 0.6) is 0 Å². The summed E-state index contributed by atoms with van der Waals surface area (Å²) in [5.41, 5.74) is -1.06. The molecule has 7 nitrogen and oxygen atoms in total. The zero-order valence-corrected chi connectivity index (χ0v) is 15.5. The van der Waals surface area contributed by atoms with Crippen molar-refractivity contribution in [3.8, 4) is 5.69 Å². The van der Waals surface area contributed by atoms with Gasteiger partial charge in [0.25, 0.3) is 5.91 Å². The molecule has 0 saturated heterocycles. The number of aromatic nitrogens is 5. The van der Waals surface area contributed by atoms with Crippen molar-refractivity contribution in [3.63, 3.8) is 0 Å². The number of rotatable bonds is 4. The maximum atomic E-state index is 13.7. The van der Waals surface area contributed by atoms with Crippen LogP contribution < -0.4 is 0 Å². The highest BCUT2D eigenvalue weighted by Gasteiger charge is 2.42. The lowest BCUT2D eigenvalue weighted by Gasteiger charge is -2.16. The van der Waals surface area contributed by atoms with E-state index in [-0.39, 0.29) is 12.2 Å². The van der Waals surface area contributed by atoms with Gasteiger partial charge in [-0.25, -0.2) is 14.1 Å². The van der Waals surface area contributed by atoms with Crippen LogP contribution in [0.4, 0.5) is 17.6 Å². The summed E-state index contributed by atoms with van der Waals surface area (Å²) in [7, 11) is 1.33. The van der Waals surface area contributed by atoms with Crippen molar-refractivity contribution in [1.29, 1.82) is 0 Å². The summed E-state index contributed by atoms with van der Waals surface area (Å²) in [6.07, 6.45) is -4.94. The van der Waals surface area contributed by atoms with E-state index in [1.54, 1.807) is 24.3 Å². The number of aromatic amines is 1. The second-order valence-electron chi connectivity index (χ2n) is 6.54. The molecule has 154 valence electrons. The molecule has 30 heavy (non-hydrogen) atoms. The average Bonchev–Trinajstić information content (AvgIpc) is 3.31. The number of imidazole rings is 1. The molecule has 0 aliphatic carbocycles. The lowest BCUT2D eigenvalue weighted by molar-refractivity contribution is -0.143. The fourth-order valence-corrected chi connectivity index (χ4v) is 3.03. The second-order valence-corrected chi connectivity index (χ2v) is 6.54. The molecular formula is C19H14F4N6O. The van der Waals surface area contributed by atoms with Gasteiger partial charge in [-0.05, 0) is 30.3 Å². The Morgan fingerprint density at radius 3 is 2.63 bits per heavy atom. The van der Waals surface area contributed by atoms with Crippen molar-refractivity contribution in [2.75, 3.05) is 7.05 Å². The largest absolute Gasteiger partial charge is 0.435 e. The lowest BCUT2D eigenvalue weighted by Crippen LogP contribution is -2.29. The number of nitrogens with zero attached hydrogens (tertiary/aromatic N) is 5. The van der Waals surface area contributed by atoms with Crippen LogP contribution in [-0.2, 0) is 12.7 Å². The Balaban J connectivity index is 1.67. The zero-order chi connectivity index (χ0) is 21.5. The highest BCUT2D eigenvalue weighted by molar-refractivity contribution is 5.93. The van der Waals surface area contributed by atoms with E-state index in [0.29, 0.717) is 16.0 Å². The Bertz CT molecular complexity index is 1200. The fourth-order valence-electron chi connectivity index (χ4n) is 3.03. The molecule has 0 atom stereocenters. The zero-order valence-electron chi connectivity index (χ0n) is 15.5. The van der Waals surface area contributed by atoms with E-state index in [4.69, 9.17) is 0 Å². The number of H-pyrrole nitrogens is 1. The minimum atomic E-state index is -4.94. The Morgan fingerprint density at radius 2 is 1.93 bits per heavy atom. The van der Waals surface area contributed by atoms with Crippen LogP contribution in [0.3, 0.4) is 0 Å². The molecule has 2 heterocycles. The van der Waals surface area contributed by atoms with Gasteiger partial charge in [0.05, 0.1) is 23.3 Å². The van der Waals surface area contributed by atoms with Crippen LogP contribution >= 0.6 is 0 Å². The summed E-state index contributed by atoms with van der Waals surface area (Å²) >= 11 is 0. The van der Waals surface area contributed by atoms with E-state index in [1.807, 2.05) is 0 Å². The Kier molecular flexibility index (Phi) is 4.72. The number of alkyl halides is 3. The standard InChI is InChI=1S/C19H14F4N6O/c1-28(10-15-24-13-7-2-3-8-14(13)25-15)18(30)16-17(19(21,22)23)29(27-26-16)12-6-4-5-11(20)9-12/h2-9H,10H2,1H3,(H,24,25). The highest BCUT2D eigenvalue weighted by Crippen LogP contribution is 2.33. The number of amides is 1. The molecule has 4 aromatic rings. The summed E-state index contributed by atoms with van der Waals surface area (Å²) in [5.74, 6) is -1.34. The van der Waals surface area contributed by atoms with Crippen molar-refractivity contribution in [2.24, 2.45) is 0 Å². The molecule has 0 bridgehead atoms. The minimum absolute atomic E-state index is 0.0718. The van der Waals surface area contributed by atoms with Crippen LogP contribution in [0.2, 0.25) is 0 Å². The number of para-hydroxylation sites is 2. The van der Waals surface area contributed by atoms with Crippen molar-refractivity contribution >= 4 is 16.9 Å². The maximum Gasteiger partial charge on any atom is 0.435 e. The van der Waals surface area contributed by atoms with Gasteiger partial charge >= 0.3 is 6.18 Å². The smallest absolute Gasteiger partial charge is 0.340 e. The van der Waals surface area contributed by atoms with Gasteiger partial charge < -0.3 is 9.88 Å². The molecule has 4 rings (SSSR count). The van der Waals surface area contributed by atoms with Crippen molar-refractivity contribution in [3.05, 3.63) is 71.6 Å². The third-order valence-electron chi connectivity index (χ3n) is 4.37. The predicted molar refractivity (Wildman–Crippen MR) is 98.2 cm³/mol. The Morgan fingerprint density at radius 1 is 1.17 bits per heavy atom. The lowest BCUT2D eigenvalue weighted by atomic mass is 10.2. The number of carbonyl (C=O) groups is 1. The molecule has 2 aromatic carbocycles. The number of nitrogens with one attached hydrogen (secondary N) is 1. The molecular weight excluding hydrogens is 404 g/mol. The van der Waals surface area contributed by atoms with E-state index in [2.05, 4.69) is 20.3 Å². The molecule has 1 amide bonds. The van der Waals surface area contributed by atoms with E-state index >= 15 is 0 Å². The second kappa shape index (κ2) is 7.25. The number of fused-ring (bicyclic) bond motifs is 1. The highest BCUT2D eigenvalue weighted by atomic mass is 19.4. The molecule has 0 spiro atoms. The fraction of sp³-hybridized carbons (Fsp3) is 0.158. The first-order valence-electron chi connectivity index (χ1n) is 8.72. The third kappa shape index (κ3) is 3.61. The first kappa shape index (κ1) is 19.6. The SMILES string of the molecule is CN(Cc1nc2ccccc2[nH]1)C(=O)c1nnn(-c2cccc(F)c2)c1C(F)(F)F. The number of hydrogen-bond donors (Lipinski definition) is 1. The molecule has 2 aromatic heterocycles. The summed E-state index contributed by atoms with van der Waals surface area (Å²) in [5, 5.41) is 6.89. The number of benzene rings is 2. The van der Waals surface area contributed by atoms with E-state index in [0.717, 1.165) is 22.5 Å². The van der Waals surface area contributed by atoms with E-state index in [1.165, 1.54) is 19.2 Å². The van der Waals surface area contributed by atoms with Gasteiger partial charge in [-0.3, -0.25) is 4.79 Å². The van der Waals surface area contributed by atoms with E-state index in [9.17, 15) is 22.4 Å². The number of carbonyl (C=O) groups excluding carboxylic acids is 1. The van der Waals surface area contributed by atoms with Gasteiger partial charge in [-0.15, -0.1) is 5.10 Å². The summed E-state index contributed by atoms with van der Waals surface area (Å²) < 4.78 is 55.1. The number of halogens is 4. The van der Waals surface area contributed by atoms with Crippen LogP contribution in [0.25, 0.3) is 16.7 Å². The Labute approximate surface area is 166 Å². The molecule has 1 N–H and O–H groups in total. The topological polar surface area (TPSA) is 79.7 Å². The predicted octanol–water partition coefficient (Wildman–Crippen LogP) is 3.57. The van der Waals surface area contributed by atoms with Crippen LogP contribution in [0.15, 0.2) is 48.5 Å². The number of hydrogen-bond acceptors (Lipinski definition) is 4. The normalized spacial score (nSPS) is 11.8. The van der Waals surface area contributed by atoms with E-state index < -0.39 is 29.3 Å². The van der Waals surface area contributed by atoms with Gasteiger partial charge in [0.2, 0.25) is 0 Å². The minimum Gasteiger partial charge on any atom is -0.340 e. The van der Waals surface area contributed by atoms with Gasteiger partial charge in [-0.1, -0.05) is 23.4 Å².